The largest absolute Gasteiger partial charge is 0.465 e. The van der Waals surface area contributed by atoms with Crippen LogP contribution in [0, 0.1) is 0 Å². The van der Waals surface area contributed by atoms with Gasteiger partial charge in [-0.1, -0.05) is 20.8 Å². The van der Waals surface area contributed by atoms with Crippen LogP contribution in [0.2, 0.25) is 0 Å². The quantitative estimate of drug-likeness (QED) is 0.637. The summed E-state index contributed by atoms with van der Waals surface area (Å²) in [5, 5.41) is 3.14. The minimum atomic E-state index is -0.148. The minimum Gasteiger partial charge on any atom is -0.465 e. The Balaban J connectivity index is 3.87. The first-order valence-electron chi connectivity index (χ1n) is 4.54. The third-order valence-electron chi connectivity index (χ3n) is 1.51. The van der Waals surface area contributed by atoms with Crippen molar-refractivity contribution in [2.75, 3.05) is 6.61 Å². The van der Waals surface area contributed by atoms with E-state index in [0.717, 1.165) is 6.42 Å². The standard InChI is InChI=1S/C9H19NO2/c1-5-8(10-7(3)4)9(11)12-6-2/h7-8,10H,5-6H2,1-4H3/t8-/m0/s1. The molecule has 0 saturated carbocycles. The summed E-state index contributed by atoms with van der Waals surface area (Å²) in [6.45, 7) is 8.27. The number of hydrogen-bond donors (Lipinski definition) is 1. The monoisotopic (exact) mass is 173 g/mol. The van der Waals surface area contributed by atoms with Gasteiger partial charge in [-0.25, -0.2) is 0 Å². The molecule has 0 unspecified atom stereocenters. The highest BCUT2D eigenvalue weighted by Crippen LogP contribution is 1.96. The van der Waals surface area contributed by atoms with E-state index in [9.17, 15) is 4.79 Å². The van der Waals surface area contributed by atoms with Crippen LogP contribution >= 0.6 is 0 Å². The molecule has 0 aliphatic rings. The number of carbonyl (C=O) groups is 1. The van der Waals surface area contributed by atoms with Gasteiger partial charge in [0, 0.05) is 6.04 Å². The second-order valence-corrected chi connectivity index (χ2v) is 3.03. The molecule has 0 heterocycles. The summed E-state index contributed by atoms with van der Waals surface area (Å²) < 4.78 is 4.89. The van der Waals surface area contributed by atoms with Crippen LogP contribution in [0.15, 0.2) is 0 Å². The summed E-state index contributed by atoms with van der Waals surface area (Å²) in [6.07, 6.45) is 0.775. The van der Waals surface area contributed by atoms with Crippen LogP contribution in [-0.4, -0.2) is 24.7 Å². The van der Waals surface area contributed by atoms with E-state index in [2.05, 4.69) is 5.32 Å². The van der Waals surface area contributed by atoms with Gasteiger partial charge in [-0.2, -0.15) is 0 Å². The molecule has 0 aromatic rings. The van der Waals surface area contributed by atoms with Crippen LogP contribution in [0.25, 0.3) is 0 Å². The second kappa shape index (κ2) is 6.00. The molecule has 0 amide bonds. The summed E-state index contributed by atoms with van der Waals surface area (Å²) in [6, 6.07) is 0.171. The Hall–Kier alpha value is -0.570. The van der Waals surface area contributed by atoms with Gasteiger partial charge < -0.3 is 10.1 Å². The van der Waals surface area contributed by atoms with Crippen LogP contribution in [-0.2, 0) is 9.53 Å². The Labute approximate surface area is 74.5 Å². The van der Waals surface area contributed by atoms with E-state index in [-0.39, 0.29) is 12.0 Å². The fourth-order valence-corrected chi connectivity index (χ4v) is 0.998. The molecule has 0 bridgehead atoms. The van der Waals surface area contributed by atoms with Gasteiger partial charge in [0.1, 0.15) is 6.04 Å². The van der Waals surface area contributed by atoms with Crippen LogP contribution in [0.3, 0.4) is 0 Å². The first-order chi connectivity index (χ1) is 5.61. The van der Waals surface area contributed by atoms with E-state index in [1.54, 1.807) is 0 Å². The van der Waals surface area contributed by atoms with Crippen molar-refractivity contribution in [2.24, 2.45) is 0 Å². The lowest BCUT2D eigenvalue weighted by molar-refractivity contribution is -0.145. The Kier molecular flexibility index (Phi) is 5.72. The smallest absolute Gasteiger partial charge is 0.323 e. The van der Waals surface area contributed by atoms with Gasteiger partial charge in [-0.05, 0) is 13.3 Å². The third-order valence-corrected chi connectivity index (χ3v) is 1.51. The average molecular weight is 173 g/mol. The summed E-state index contributed by atoms with van der Waals surface area (Å²) in [5.41, 5.74) is 0. The molecule has 0 aliphatic carbocycles. The Morgan fingerprint density at radius 1 is 1.42 bits per heavy atom. The van der Waals surface area contributed by atoms with E-state index in [1.807, 2.05) is 27.7 Å². The lowest BCUT2D eigenvalue weighted by atomic mass is 10.2. The van der Waals surface area contributed by atoms with Crippen molar-refractivity contribution in [2.45, 2.75) is 46.2 Å². The van der Waals surface area contributed by atoms with Crippen molar-refractivity contribution in [1.29, 1.82) is 0 Å². The molecule has 0 saturated heterocycles. The van der Waals surface area contributed by atoms with Crippen LogP contribution < -0.4 is 5.32 Å². The average Bonchev–Trinajstić information content (AvgIpc) is 2.00. The van der Waals surface area contributed by atoms with Crippen molar-refractivity contribution in [3.05, 3.63) is 0 Å². The van der Waals surface area contributed by atoms with E-state index >= 15 is 0 Å². The Morgan fingerprint density at radius 3 is 2.33 bits per heavy atom. The first kappa shape index (κ1) is 11.4. The molecule has 72 valence electrons. The van der Waals surface area contributed by atoms with Crippen LogP contribution in [0.4, 0.5) is 0 Å². The number of ether oxygens (including phenoxy) is 1. The maximum Gasteiger partial charge on any atom is 0.323 e. The predicted molar refractivity (Wildman–Crippen MR) is 49.0 cm³/mol. The first-order valence-corrected chi connectivity index (χ1v) is 4.54. The SMILES string of the molecule is CCOC(=O)[C@H](CC)NC(C)C. The highest BCUT2D eigenvalue weighted by atomic mass is 16.5. The highest BCUT2D eigenvalue weighted by Gasteiger charge is 2.17. The van der Waals surface area contributed by atoms with Gasteiger partial charge in [0.25, 0.3) is 0 Å². The summed E-state index contributed by atoms with van der Waals surface area (Å²) in [4.78, 5) is 11.2. The van der Waals surface area contributed by atoms with Gasteiger partial charge in [-0.3, -0.25) is 4.79 Å². The molecular weight excluding hydrogens is 154 g/mol. The lowest BCUT2D eigenvalue weighted by Crippen LogP contribution is -2.41. The molecule has 0 radical (unpaired) electrons. The molecule has 0 aromatic carbocycles. The second-order valence-electron chi connectivity index (χ2n) is 3.03. The summed E-state index contributed by atoms with van der Waals surface area (Å²) >= 11 is 0. The molecule has 0 aliphatic heterocycles. The molecule has 1 N–H and O–H groups in total. The van der Waals surface area contributed by atoms with Gasteiger partial charge >= 0.3 is 5.97 Å². The predicted octanol–water partition coefficient (Wildman–Crippen LogP) is 1.33. The molecule has 0 rings (SSSR count). The van der Waals surface area contributed by atoms with Gasteiger partial charge in [-0.15, -0.1) is 0 Å². The number of esters is 1. The zero-order valence-electron chi connectivity index (χ0n) is 8.39. The van der Waals surface area contributed by atoms with Gasteiger partial charge in [0.15, 0.2) is 0 Å². The molecule has 3 nitrogen and oxygen atoms in total. The maximum absolute atomic E-state index is 11.2. The zero-order valence-corrected chi connectivity index (χ0v) is 8.39. The molecule has 0 spiro atoms. The van der Waals surface area contributed by atoms with Gasteiger partial charge in [0.05, 0.1) is 6.61 Å². The lowest BCUT2D eigenvalue weighted by Gasteiger charge is -2.17. The number of rotatable bonds is 5. The van der Waals surface area contributed by atoms with Crippen molar-refractivity contribution in [3.63, 3.8) is 0 Å². The summed E-state index contributed by atoms with van der Waals surface area (Å²) in [7, 11) is 0. The van der Waals surface area contributed by atoms with E-state index in [4.69, 9.17) is 4.74 Å². The Bertz CT molecular complexity index is 134. The van der Waals surface area contributed by atoms with E-state index < -0.39 is 0 Å². The normalized spacial score (nSPS) is 13.1. The molecular formula is C9H19NO2. The number of nitrogens with one attached hydrogen (secondary N) is 1. The molecule has 0 aromatic heterocycles. The maximum atomic E-state index is 11.2. The molecule has 12 heavy (non-hydrogen) atoms. The molecule has 3 heteroatoms. The fourth-order valence-electron chi connectivity index (χ4n) is 0.998. The van der Waals surface area contributed by atoms with E-state index in [1.165, 1.54) is 0 Å². The summed E-state index contributed by atoms with van der Waals surface area (Å²) in [5.74, 6) is -0.145. The number of carbonyl (C=O) groups excluding carboxylic acids is 1. The minimum absolute atomic E-state index is 0.145. The highest BCUT2D eigenvalue weighted by molar-refractivity contribution is 5.75. The zero-order chi connectivity index (χ0) is 9.56. The number of hydrogen-bond acceptors (Lipinski definition) is 3. The molecule has 1 atom stereocenters. The molecule has 0 fully saturated rings. The topological polar surface area (TPSA) is 38.3 Å². The van der Waals surface area contributed by atoms with Crippen molar-refractivity contribution in [3.8, 4) is 0 Å². The van der Waals surface area contributed by atoms with Crippen LogP contribution in [0.1, 0.15) is 34.1 Å². The van der Waals surface area contributed by atoms with Crippen molar-refractivity contribution >= 4 is 5.97 Å². The van der Waals surface area contributed by atoms with Crippen molar-refractivity contribution < 1.29 is 9.53 Å². The van der Waals surface area contributed by atoms with E-state index in [0.29, 0.717) is 12.6 Å². The fraction of sp³-hybridized carbons (Fsp3) is 0.889. The van der Waals surface area contributed by atoms with Gasteiger partial charge in [0.2, 0.25) is 0 Å². The van der Waals surface area contributed by atoms with Crippen molar-refractivity contribution in [1.82, 2.24) is 5.32 Å². The Morgan fingerprint density at radius 2 is 2.00 bits per heavy atom. The van der Waals surface area contributed by atoms with Crippen LogP contribution in [0.5, 0.6) is 0 Å². The third kappa shape index (κ3) is 4.34.